The van der Waals surface area contributed by atoms with E-state index in [0.717, 1.165) is 6.54 Å². The lowest BCUT2D eigenvalue weighted by Crippen LogP contribution is -2.35. The first kappa shape index (κ1) is 16.9. The van der Waals surface area contributed by atoms with Crippen LogP contribution in [0.2, 0.25) is 0 Å². The molecular formula is C13H25NO4. The minimum atomic E-state index is -0.248. The van der Waals surface area contributed by atoms with Gasteiger partial charge < -0.3 is 9.47 Å². The number of carbonyl (C=O) groups is 2. The molecule has 106 valence electrons. The third-order valence-corrected chi connectivity index (χ3v) is 2.22. The van der Waals surface area contributed by atoms with Gasteiger partial charge in [-0.05, 0) is 19.8 Å². The van der Waals surface area contributed by atoms with Crippen molar-refractivity contribution in [2.24, 2.45) is 5.92 Å². The lowest BCUT2D eigenvalue weighted by Gasteiger charge is -2.22. The van der Waals surface area contributed by atoms with Gasteiger partial charge in [0.15, 0.2) is 0 Å². The lowest BCUT2D eigenvalue weighted by atomic mass is 10.2. The summed E-state index contributed by atoms with van der Waals surface area (Å²) in [4.78, 5) is 24.6. The second-order valence-corrected chi connectivity index (χ2v) is 4.49. The van der Waals surface area contributed by atoms with Gasteiger partial charge >= 0.3 is 11.9 Å². The molecule has 0 saturated heterocycles. The van der Waals surface area contributed by atoms with Gasteiger partial charge in [-0.25, -0.2) is 0 Å². The van der Waals surface area contributed by atoms with Crippen LogP contribution in [0.3, 0.4) is 0 Å². The van der Waals surface area contributed by atoms with Gasteiger partial charge in [-0.3, -0.25) is 14.5 Å². The fraction of sp³-hybridized carbons (Fsp3) is 0.846. The maximum absolute atomic E-state index is 11.4. The van der Waals surface area contributed by atoms with E-state index in [9.17, 15) is 9.59 Å². The maximum atomic E-state index is 11.4. The predicted molar refractivity (Wildman–Crippen MR) is 69.2 cm³/mol. The molecule has 0 aromatic heterocycles. The van der Waals surface area contributed by atoms with Crippen molar-refractivity contribution < 1.29 is 19.1 Å². The summed E-state index contributed by atoms with van der Waals surface area (Å²) in [5.74, 6) is -0.0428. The molecule has 0 aliphatic rings. The zero-order valence-corrected chi connectivity index (χ0v) is 11.9. The highest BCUT2D eigenvalue weighted by Crippen LogP contribution is 2.01. The van der Waals surface area contributed by atoms with Gasteiger partial charge in [-0.1, -0.05) is 13.8 Å². The first-order chi connectivity index (χ1) is 8.49. The molecule has 0 bridgehead atoms. The minimum absolute atomic E-state index is 0.227. The quantitative estimate of drug-likeness (QED) is 0.587. The lowest BCUT2D eigenvalue weighted by molar-refractivity contribution is -0.147. The summed E-state index contributed by atoms with van der Waals surface area (Å²) in [6.07, 6.45) is 0.306. The van der Waals surface area contributed by atoms with Crippen LogP contribution < -0.4 is 0 Å². The molecule has 0 saturated carbocycles. The summed E-state index contributed by atoms with van der Waals surface area (Å²) in [6.45, 7) is 9.99. The number of esters is 2. The van der Waals surface area contributed by atoms with E-state index in [2.05, 4.69) is 13.8 Å². The molecule has 0 radical (unpaired) electrons. The Balaban J connectivity index is 4.13. The van der Waals surface area contributed by atoms with Gasteiger partial charge in [0.05, 0.1) is 26.2 Å². The smallest absolute Gasteiger partial charge is 0.320 e. The van der Waals surface area contributed by atoms with Gasteiger partial charge in [0.2, 0.25) is 0 Å². The summed E-state index contributed by atoms with van der Waals surface area (Å²) >= 11 is 0. The molecule has 0 aromatic rings. The van der Waals surface area contributed by atoms with Crippen LogP contribution in [0.5, 0.6) is 0 Å². The van der Waals surface area contributed by atoms with Crippen LogP contribution in [0.15, 0.2) is 0 Å². The van der Waals surface area contributed by atoms with E-state index < -0.39 is 0 Å². The van der Waals surface area contributed by atoms with Crippen LogP contribution in [0.1, 0.15) is 34.1 Å². The van der Waals surface area contributed by atoms with Crippen molar-refractivity contribution in [1.82, 2.24) is 4.90 Å². The summed E-state index contributed by atoms with van der Waals surface area (Å²) in [5, 5.41) is 0. The summed E-state index contributed by atoms with van der Waals surface area (Å²) in [7, 11) is 0. The van der Waals surface area contributed by atoms with Gasteiger partial charge in [0.1, 0.15) is 0 Å². The molecule has 0 N–H and O–H groups in total. The molecule has 0 atom stereocenters. The second kappa shape index (κ2) is 9.88. The second-order valence-electron chi connectivity index (χ2n) is 4.49. The van der Waals surface area contributed by atoms with E-state index in [1.807, 2.05) is 4.90 Å². The molecule has 0 rings (SSSR count). The topological polar surface area (TPSA) is 55.8 Å². The van der Waals surface area contributed by atoms with Crippen LogP contribution in [0, 0.1) is 5.92 Å². The molecule has 5 heteroatoms. The Morgan fingerprint density at radius 3 is 2.11 bits per heavy atom. The molecule has 18 heavy (non-hydrogen) atoms. The van der Waals surface area contributed by atoms with Crippen molar-refractivity contribution in [3.8, 4) is 0 Å². The molecule has 5 nitrogen and oxygen atoms in total. The Labute approximate surface area is 109 Å². The largest absolute Gasteiger partial charge is 0.466 e. The zero-order valence-electron chi connectivity index (χ0n) is 11.9. The highest BCUT2D eigenvalue weighted by Gasteiger charge is 2.14. The zero-order chi connectivity index (χ0) is 14.0. The monoisotopic (exact) mass is 259 g/mol. The molecular weight excluding hydrogens is 234 g/mol. The van der Waals surface area contributed by atoms with E-state index in [0.29, 0.717) is 32.1 Å². The van der Waals surface area contributed by atoms with Gasteiger partial charge in [-0.2, -0.15) is 0 Å². The Morgan fingerprint density at radius 1 is 1.06 bits per heavy atom. The Morgan fingerprint density at radius 2 is 1.61 bits per heavy atom. The van der Waals surface area contributed by atoms with E-state index in [1.165, 1.54) is 0 Å². The highest BCUT2D eigenvalue weighted by molar-refractivity contribution is 5.72. The third kappa shape index (κ3) is 8.98. The minimum Gasteiger partial charge on any atom is -0.466 e. The van der Waals surface area contributed by atoms with Gasteiger partial charge in [0, 0.05) is 13.1 Å². The van der Waals surface area contributed by atoms with Gasteiger partial charge in [-0.15, -0.1) is 0 Å². The molecule has 0 aromatic carbocycles. The highest BCUT2D eigenvalue weighted by atomic mass is 16.5. The van der Waals surface area contributed by atoms with E-state index in [4.69, 9.17) is 9.47 Å². The number of carbonyl (C=O) groups excluding carboxylic acids is 2. The van der Waals surface area contributed by atoms with Gasteiger partial charge in [0.25, 0.3) is 0 Å². The molecule has 0 aliphatic heterocycles. The van der Waals surface area contributed by atoms with Crippen molar-refractivity contribution in [1.29, 1.82) is 0 Å². The number of hydrogen-bond acceptors (Lipinski definition) is 5. The maximum Gasteiger partial charge on any atom is 0.320 e. The molecule has 0 aliphatic carbocycles. The van der Waals surface area contributed by atoms with E-state index in [1.54, 1.807) is 13.8 Å². The third-order valence-electron chi connectivity index (χ3n) is 2.22. The molecule has 0 unspecified atom stereocenters. The fourth-order valence-corrected chi connectivity index (χ4v) is 1.62. The number of rotatable bonds is 9. The Hall–Kier alpha value is -1.10. The molecule has 0 amide bonds. The van der Waals surface area contributed by atoms with Crippen molar-refractivity contribution in [2.75, 3.05) is 32.8 Å². The van der Waals surface area contributed by atoms with Crippen molar-refractivity contribution in [3.05, 3.63) is 0 Å². The summed E-state index contributed by atoms with van der Waals surface area (Å²) < 4.78 is 9.78. The average Bonchev–Trinajstić information content (AvgIpc) is 2.26. The fourth-order valence-electron chi connectivity index (χ4n) is 1.62. The summed E-state index contributed by atoms with van der Waals surface area (Å²) in [5.41, 5.74) is 0. The van der Waals surface area contributed by atoms with E-state index in [-0.39, 0.29) is 18.5 Å². The SMILES string of the molecule is CCOC(=O)CCN(CC(=O)OCC)CC(C)C. The average molecular weight is 259 g/mol. The van der Waals surface area contributed by atoms with Crippen LogP contribution in [0.25, 0.3) is 0 Å². The Kier molecular flexibility index (Phi) is 9.28. The van der Waals surface area contributed by atoms with Crippen molar-refractivity contribution in [2.45, 2.75) is 34.1 Å². The van der Waals surface area contributed by atoms with Crippen LogP contribution in [0.4, 0.5) is 0 Å². The van der Waals surface area contributed by atoms with Crippen LogP contribution in [-0.2, 0) is 19.1 Å². The number of ether oxygens (including phenoxy) is 2. The van der Waals surface area contributed by atoms with E-state index >= 15 is 0 Å². The molecule has 0 fully saturated rings. The number of nitrogens with zero attached hydrogens (tertiary/aromatic N) is 1. The van der Waals surface area contributed by atoms with Crippen molar-refractivity contribution >= 4 is 11.9 Å². The van der Waals surface area contributed by atoms with Crippen LogP contribution in [-0.4, -0.2) is 49.7 Å². The van der Waals surface area contributed by atoms with Crippen LogP contribution >= 0.6 is 0 Å². The molecule has 0 heterocycles. The first-order valence-corrected chi connectivity index (χ1v) is 6.53. The standard InChI is InChI=1S/C13H25NO4/c1-5-17-12(15)7-8-14(9-11(3)4)10-13(16)18-6-2/h11H,5-10H2,1-4H3. The normalized spacial score (nSPS) is 10.8. The first-order valence-electron chi connectivity index (χ1n) is 6.53. The number of hydrogen-bond donors (Lipinski definition) is 0. The molecule has 0 spiro atoms. The Bertz CT molecular complexity index is 253. The predicted octanol–water partition coefficient (Wildman–Crippen LogP) is 1.46. The summed E-state index contributed by atoms with van der Waals surface area (Å²) in [6, 6.07) is 0. The van der Waals surface area contributed by atoms with Crippen molar-refractivity contribution in [3.63, 3.8) is 0 Å².